The fourth-order valence-electron chi connectivity index (χ4n) is 2.81. The van der Waals surface area contributed by atoms with Crippen molar-refractivity contribution in [1.82, 2.24) is 4.90 Å². The molecule has 1 atom stereocenters. The first kappa shape index (κ1) is 19.4. The predicted molar refractivity (Wildman–Crippen MR) is 112 cm³/mol. The van der Waals surface area contributed by atoms with Crippen molar-refractivity contribution in [2.24, 2.45) is 10.9 Å². The van der Waals surface area contributed by atoms with Crippen molar-refractivity contribution in [3.8, 4) is 6.07 Å². The van der Waals surface area contributed by atoms with Crippen LogP contribution in [0.5, 0.6) is 0 Å². The van der Waals surface area contributed by atoms with Gasteiger partial charge in [-0.2, -0.15) is 5.26 Å². The molecule has 0 saturated carbocycles. The van der Waals surface area contributed by atoms with Crippen molar-refractivity contribution in [3.05, 3.63) is 56.8 Å². The molecule has 0 radical (unpaired) electrons. The minimum Gasteiger partial charge on any atom is -0.370 e. The van der Waals surface area contributed by atoms with Gasteiger partial charge in [0.2, 0.25) is 0 Å². The van der Waals surface area contributed by atoms with Crippen molar-refractivity contribution in [2.45, 2.75) is 32.7 Å². The van der Waals surface area contributed by atoms with Crippen LogP contribution in [0, 0.1) is 26.2 Å². The highest BCUT2D eigenvalue weighted by Gasteiger charge is 2.17. The number of halogens is 1. The molecule has 0 amide bonds. The fraction of sp³-hybridized carbons (Fsp3) is 0.350. The van der Waals surface area contributed by atoms with Crippen LogP contribution in [0.25, 0.3) is 0 Å². The molecular weight excluding hydrogens is 423 g/mol. The number of rotatable bonds is 8. The highest BCUT2D eigenvalue weighted by molar-refractivity contribution is 14.1. The molecule has 25 heavy (non-hydrogen) atoms. The van der Waals surface area contributed by atoms with Gasteiger partial charge in [0, 0.05) is 40.1 Å². The fourth-order valence-corrected chi connectivity index (χ4v) is 3.17. The molecule has 4 nitrogen and oxygen atoms in total. The van der Waals surface area contributed by atoms with Gasteiger partial charge >= 0.3 is 0 Å². The Morgan fingerprint density at radius 2 is 2.08 bits per heavy atom. The minimum absolute atomic E-state index is 0.299. The third-order valence-corrected chi connectivity index (χ3v) is 5.03. The van der Waals surface area contributed by atoms with Crippen molar-refractivity contribution in [1.29, 1.82) is 10.7 Å². The maximum absolute atomic E-state index is 9.06. The van der Waals surface area contributed by atoms with E-state index < -0.39 is 0 Å². The van der Waals surface area contributed by atoms with E-state index in [2.05, 4.69) is 75.8 Å². The highest BCUT2D eigenvalue weighted by atomic mass is 127. The van der Waals surface area contributed by atoms with Crippen LogP contribution in [-0.4, -0.2) is 24.0 Å². The Bertz CT molecular complexity index is 710. The number of hydrogen-bond donors (Lipinski definition) is 1. The number of nitrogens with zero attached hydrogens (tertiary/aromatic N) is 3. The van der Waals surface area contributed by atoms with Gasteiger partial charge in [-0.25, -0.2) is 4.99 Å². The number of allylic oxidation sites excluding steroid dienone is 4. The molecule has 1 N–H and O–H groups in total. The summed E-state index contributed by atoms with van der Waals surface area (Å²) in [5.41, 5.74) is 3.38. The average molecular weight is 446 g/mol. The van der Waals surface area contributed by atoms with Crippen LogP contribution < -0.4 is 0 Å². The maximum Gasteiger partial charge on any atom is 0.106 e. The van der Waals surface area contributed by atoms with Crippen LogP contribution in [0.2, 0.25) is 0 Å². The summed E-state index contributed by atoms with van der Waals surface area (Å²) in [5.74, 6) is 0.299. The van der Waals surface area contributed by atoms with Gasteiger partial charge in [-0.05, 0) is 71.7 Å². The van der Waals surface area contributed by atoms with E-state index in [0.29, 0.717) is 5.92 Å². The van der Waals surface area contributed by atoms with E-state index in [1.807, 2.05) is 12.3 Å². The Morgan fingerprint density at radius 1 is 1.32 bits per heavy atom. The standard InChI is InChI=1S/C20H23IN4/c1-2-16(12-24-15-23)13-25(14-18-3-7-19(21)8-4-18)20-9-5-17(11-22)6-10-20/h3-5,7-9,12,15-16,23H,2,6,10,13-14H2,1H3. The molecule has 0 fully saturated rings. The van der Waals surface area contributed by atoms with Gasteiger partial charge < -0.3 is 4.90 Å². The molecule has 1 aliphatic rings. The molecule has 5 heteroatoms. The second kappa shape index (κ2) is 10.1. The first-order valence-corrected chi connectivity index (χ1v) is 9.55. The molecule has 1 unspecified atom stereocenters. The normalized spacial score (nSPS) is 15.2. The van der Waals surface area contributed by atoms with E-state index in [1.54, 1.807) is 0 Å². The maximum atomic E-state index is 9.06. The minimum atomic E-state index is 0.299. The Morgan fingerprint density at radius 3 is 2.64 bits per heavy atom. The molecule has 0 bridgehead atoms. The zero-order chi connectivity index (χ0) is 18.1. The van der Waals surface area contributed by atoms with Gasteiger partial charge in [-0.15, -0.1) is 0 Å². The molecule has 1 aliphatic carbocycles. The molecule has 0 saturated heterocycles. The Labute approximate surface area is 163 Å². The van der Waals surface area contributed by atoms with Gasteiger partial charge in [-0.1, -0.05) is 19.1 Å². The lowest BCUT2D eigenvalue weighted by Gasteiger charge is -2.31. The quantitative estimate of drug-likeness (QED) is 0.350. The van der Waals surface area contributed by atoms with Crippen molar-refractivity contribution in [3.63, 3.8) is 0 Å². The van der Waals surface area contributed by atoms with Gasteiger partial charge in [0.1, 0.15) is 6.34 Å². The van der Waals surface area contributed by atoms with E-state index in [9.17, 15) is 0 Å². The Balaban J connectivity index is 2.21. The predicted octanol–water partition coefficient (Wildman–Crippen LogP) is 4.92. The summed E-state index contributed by atoms with van der Waals surface area (Å²) < 4.78 is 1.23. The number of hydrogen-bond acceptors (Lipinski definition) is 3. The lowest BCUT2D eigenvalue weighted by molar-refractivity contribution is 0.297. The second-order valence-corrected chi connectivity index (χ2v) is 7.31. The lowest BCUT2D eigenvalue weighted by atomic mass is 10.0. The monoisotopic (exact) mass is 446 g/mol. The average Bonchev–Trinajstić information content (AvgIpc) is 2.66. The van der Waals surface area contributed by atoms with Crippen molar-refractivity contribution >= 4 is 35.1 Å². The summed E-state index contributed by atoms with van der Waals surface area (Å²) in [6, 6.07) is 10.8. The first-order chi connectivity index (χ1) is 12.2. The number of benzene rings is 1. The smallest absolute Gasteiger partial charge is 0.106 e. The number of nitriles is 1. The first-order valence-electron chi connectivity index (χ1n) is 8.47. The van der Waals surface area contributed by atoms with Crippen LogP contribution in [-0.2, 0) is 6.54 Å². The van der Waals surface area contributed by atoms with Crippen molar-refractivity contribution in [2.75, 3.05) is 6.54 Å². The Hall–Kier alpha value is -1.94. The SMILES string of the molecule is CCC(C=NC=N)CN(Cc1ccc(I)cc1)C1=CC=C(C#N)CC1. The van der Waals surface area contributed by atoms with Gasteiger partial charge in [0.05, 0.1) is 6.07 Å². The zero-order valence-corrected chi connectivity index (χ0v) is 16.6. The van der Waals surface area contributed by atoms with E-state index in [-0.39, 0.29) is 0 Å². The zero-order valence-electron chi connectivity index (χ0n) is 14.5. The van der Waals surface area contributed by atoms with Crippen LogP contribution in [0.15, 0.2) is 52.7 Å². The summed E-state index contributed by atoms with van der Waals surface area (Å²) in [6.07, 6.45) is 9.65. The molecule has 0 aliphatic heterocycles. The summed E-state index contributed by atoms with van der Waals surface area (Å²) in [4.78, 5) is 6.39. The molecule has 130 valence electrons. The largest absolute Gasteiger partial charge is 0.370 e. The molecule has 0 aromatic heterocycles. The summed E-state index contributed by atoms with van der Waals surface area (Å²) in [6.45, 7) is 3.85. The molecule has 2 rings (SSSR count). The van der Waals surface area contributed by atoms with Crippen LogP contribution >= 0.6 is 22.6 Å². The molecule has 1 aromatic carbocycles. The van der Waals surface area contributed by atoms with Crippen molar-refractivity contribution < 1.29 is 0 Å². The summed E-state index contributed by atoms with van der Waals surface area (Å²) >= 11 is 2.32. The van der Waals surface area contributed by atoms with E-state index >= 15 is 0 Å². The third kappa shape index (κ3) is 6.13. The van der Waals surface area contributed by atoms with Gasteiger partial charge in [-0.3, -0.25) is 5.41 Å². The van der Waals surface area contributed by atoms with E-state index in [1.165, 1.54) is 14.8 Å². The molecule has 0 heterocycles. The second-order valence-electron chi connectivity index (χ2n) is 6.06. The highest BCUT2D eigenvalue weighted by Crippen LogP contribution is 2.24. The van der Waals surface area contributed by atoms with E-state index in [0.717, 1.165) is 44.3 Å². The lowest BCUT2D eigenvalue weighted by Crippen LogP contribution is -2.30. The molecule has 1 aromatic rings. The van der Waals surface area contributed by atoms with Crippen LogP contribution in [0.1, 0.15) is 31.7 Å². The molecule has 0 spiro atoms. The number of aliphatic imine (C=N–C) groups is 1. The molecular formula is C20H23IN4. The topological polar surface area (TPSA) is 63.2 Å². The van der Waals surface area contributed by atoms with Crippen LogP contribution in [0.3, 0.4) is 0 Å². The number of nitrogens with one attached hydrogen (secondary N) is 1. The van der Waals surface area contributed by atoms with Gasteiger partial charge in [0.15, 0.2) is 0 Å². The Kier molecular flexibility index (Phi) is 7.86. The van der Waals surface area contributed by atoms with Gasteiger partial charge in [0.25, 0.3) is 0 Å². The third-order valence-electron chi connectivity index (χ3n) is 4.31. The summed E-state index contributed by atoms with van der Waals surface area (Å²) in [5, 5.41) is 16.2. The summed E-state index contributed by atoms with van der Waals surface area (Å²) in [7, 11) is 0. The van der Waals surface area contributed by atoms with E-state index in [4.69, 9.17) is 10.7 Å². The van der Waals surface area contributed by atoms with Crippen LogP contribution in [0.4, 0.5) is 0 Å².